The van der Waals surface area contributed by atoms with Gasteiger partial charge in [0.15, 0.2) is 6.29 Å². The molecule has 0 bridgehead atoms. The summed E-state index contributed by atoms with van der Waals surface area (Å²) in [5.41, 5.74) is 11.1. The van der Waals surface area contributed by atoms with Gasteiger partial charge in [-0.15, -0.1) is 0 Å². The molecule has 1 fully saturated rings. The number of unbranched alkanes of at least 4 members (excludes halogenated alkanes) is 2. The normalized spacial score (nSPS) is 20.7. The Hall–Kier alpha value is -3.86. The maximum atomic E-state index is 6.81. The van der Waals surface area contributed by atoms with E-state index in [9.17, 15) is 0 Å². The molecule has 1 aliphatic rings. The second-order valence-electron chi connectivity index (χ2n) is 12.8. The Labute approximate surface area is 295 Å². The van der Waals surface area contributed by atoms with Crippen LogP contribution in [0.4, 0.5) is 0 Å². The summed E-state index contributed by atoms with van der Waals surface area (Å²) in [5, 5.41) is 1.18. The summed E-state index contributed by atoms with van der Waals surface area (Å²) in [6.45, 7) is 3.21. The fraction of sp³-hybridized carbons (Fsp3) is 0.381. The molecule has 4 aromatic carbocycles. The molecule has 0 radical (unpaired) electrons. The number of fused-ring (bicyclic) bond motifs is 1. The van der Waals surface area contributed by atoms with Gasteiger partial charge in [-0.1, -0.05) is 109 Å². The zero-order valence-electron chi connectivity index (χ0n) is 28.7. The number of nitrogens with one attached hydrogen (secondary N) is 1. The van der Waals surface area contributed by atoms with Crippen LogP contribution < -0.4 is 5.73 Å². The molecule has 0 aliphatic carbocycles. The lowest BCUT2D eigenvalue weighted by Gasteiger charge is -2.46. The van der Waals surface area contributed by atoms with E-state index in [1.807, 2.05) is 66.7 Å². The minimum absolute atomic E-state index is 0.334. The molecule has 8 nitrogen and oxygen atoms in total. The van der Waals surface area contributed by atoms with Gasteiger partial charge in [0, 0.05) is 24.2 Å². The Morgan fingerprint density at radius 2 is 1.16 bits per heavy atom. The molecule has 1 aliphatic heterocycles. The molecule has 5 aromatic rings. The quantitative estimate of drug-likeness (QED) is 0.0831. The predicted molar refractivity (Wildman–Crippen MR) is 195 cm³/mol. The van der Waals surface area contributed by atoms with Crippen molar-refractivity contribution in [3.8, 4) is 0 Å². The number of hydrogen-bond acceptors (Lipinski definition) is 7. The van der Waals surface area contributed by atoms with E-state index in [0.717, 1.165) is 47.2 Å². The van der Waals surface area contributed by atoms with Gasteiger partial charge in [-0.25, -0.2) is 0 Å². The van der Waals surface area contributed by atoms with Gasteiger partial charge in [0.2, 0.25) is 0 Å². The molecular formula is C42H50N2O6. The van der Waals surface area contributed by atoms with Crippen LogP contribution in [0.3, 0.4) is 0 Å². The van der Waals surface area contributed by atoms with E-state index in [0.29, 0.717) is 52.6 Å². The van der Waals surface area contributed by atoms with Gasteiger partial charge < -0.3 is 39.1 Å². The monoisotopic (exact) mass is 678 g/mol. The smallest absolute Gasteiger partial charge is 0.186 e. The lowest BCUT2D eigenvalue weighted by Crippen LogP contribution is -2.61. The van der Waals surface area contributed by atoms with Crippen molar-refractivity contribution in [2.45, 2.75) is 76.2 Å². The highest BCUT2D eigenvalue weighted by Gasteiger charge is 2.49. The summed E-state index contributed by atoms with van der Waals surface area (Å²) < 4.78 is 39.9. The van der Waals surface area contributed by atoms with E-state index >= 15 is 0 Å². The predicted octanol–water partition coefficient (Wildman–Crippen LogP) is 7.35. The average Bonchev–Trinajstić information content (AvgIpc) is 3.58. The van der Waals surface area contributed by atoms with Gasteiger partial charge in [-0.3, -0.25) is 0 Å². The number of benzene rings is 4. The van der Waals surface area contributed by atoms with Crippen LogP contribution in [0.2, 0.25) is 0 Å². The van der Waals surface area contributed by atoms with Gasteiger partial charge in [-0.2, -0.15) is 0 Å². The van der Waals surface area contributed by atoms with Gasteiger partial charge in [-0.05, 0) is 60.0 Å². The molecule has 1 saturated heterocycles. The molecule has 264 valence electrons. The van der Waals surface area contributed by atoms with Crippen LogP contribution in [0.1, 0.15) is 41.6 Å². The van der Waals surface area contributed by atoms with Crippen molar-refractivity contribution in [2.75, 3.05) is 26.4 Å². The number of ether oxygens (including phenoxy) is 6. The van der Waals surface area contributed by atoms with Crippen molar-refractivity contribution in [3.63, 3.8) is 0 Å². The van der Waals surface area contributed by atoms with Gasteiger partial charge in [0.05, 0.1) is 33.0 Å². The number of para-hydroxylation sites is 1. The van der Waals surface area contributed by atoms with Crippen molar-refractivity contribution >= 4 is 10.9 Å². The molecule has 3 N–H and O–H groups in total. The molecule has 0 saturated carbocycles. The summed E-state index contributed by atoms with van der Waals surface area (Å²) in [5.74, 6) is 0. The second-order valence-corrected chi connectivity index (χ2v) is 12.8. The van der Waals surface area contributed by atoms with Crippen molar-refractivity contribution in [3.05, 3.63) is 144 Å². The number of aromatic nitrogens is 1. The number of aromatic amines is 1. The Morgan fingerprint density at radius 3 is 1.78 bits per heavy atom. The van der Waals surface area contributed by atoms with Crippen molar-refractivity contribution in [1.82, 2.24) is 4.98 Å². The third kappa shape index (κ3) is 10.6. The van der Waals surface area contributed by atoms with E-state index in [-0.39, 0.29) is 0 Å². The standard InChI is InChI=1S/C42H50N2O6/c43-24-13-4-14-25-45-31-38-39(47-28-32-15-5-1-6-16-32)40(48-29-33-17-7-2-8-18-33)41(49-30-34-19-9-3-10-20-34)42(50-38)46-26-23-36-27-35-21-11-12-22-37(35)44-36/h1-3,5-12,15-22,27,38-42,44H,4,13-14,23-26,28-31,43H2/t38-,39+,40-,41-,42+/m0/s1. The summed E-state index contributed by atoms with van der Waals surface area (Å²) in [4.78, 5) is 3.51. The summed E-state index contributed by atoms with van der Waals surface area (Å²) in [6, 6.07) is 40.9. The van der Waals surface area contributed by atoms with Crippen LogP contribution in [0, 0.1) is 0 Å². The highest BCUT2D eigenvalue weighted by molar-refractivity contribution is 5.80. The van der Waals surface area contributed by atoms with Crippen LogP contribution >= 0.6 is 0 Å². The lowest BCUT2D eigenvalue weighted by molar-refractivity contribution is -0.328. The number of H-pyrrole nitrogens is 1. The van der Waals surface area contributed by atoms with E-state index in [1.165, 1.54) is 5.39 Å². The number of rotatable bonds is 20. The molecule has 50 heavy (non-hydrogen) atoms. The van der Waals surface area contributed by atoms with Crippen molar-refractivity contribution < 1.29 is 28.4 Å². The third-order valence-electron chi connectivity index (χ3n) is 8.96. The molecule has 8 heteroatoms. The fourth-order valence-electron chi connectivity index (χ4n) is 6.29. The molecule has 0 amide bonds. The van der Waals surface area contributed by atoms with E-state index in [4.69, 9.17) is 34.2 Å². The second kappa shape index (κ2) is 19.5. The number of hydrogen-bond donors (Lipinski definition) is 2. The zero-order chi connectivity index (χ0) is 34.2. The molecule has 1 aromatic heterocycles. The van der Waals surface area contributed by atoms with Crippen LogP contribution in [-0.4, -0.2) is 62.1 Å². The fourth-order valence-corrected chi connectivity index (χ4v) is 6.29. The summed E-state index contributed by atoms with van der Waals surface area (Å²) in [7, 11) is 0. The minimum Gasteiger partial charge on any atom is -0.379 e. The molecule has 5 atom stereocenters. The Bertz CT molecular complexity index is 1620. The zero-order valence-corrected chi connectivity index (χ0v) is 28.7. The van der Waals surface area contributed by atoms with E-state index in [2.05, 4.69) is 59.6 Å². The molecule has 0 unspecified atom stereocenters. The highest BCUT2D eigenvalue weighted by atomic mass is 16.7. The van der Waals surface area contributed by atoms with Crippen LogP contribution in [-0.2, 0) is 54.7 Å². The maximum Gasteiger partial charge on any atom is 0.186 e. The molecule has 6 rings (SSSR count). The first-order chi connectivity index (χ1) is 24.8. The molecular weight excluding hydrogens is 628 g/mol. The Morgan fingerprint density at radius 1 is 0.580 bits per heavy atom. The van der Waals surface area contributed by atoms with Crippen LogP contribution in [0.5, 0.6) is 0 Å². The highest BCUT2D eigenvalue weighted by Crippen LogP contribution is 2.32. The minimum atomic E-state index is -0.716. The molecule has 2 heterocycles. The van der Waals surface area contributed by atoms with Gasteiger partial charge >= 0.3 is 0 Å². The molecule has 0 spiro atoms. The lowest BCUT2D eigenvalue weighted by atomic mass is 9.97. The van der Waals surface area contributed by atoms with Gasteiger partial charge in [0.25, 0.3) is 0 Å². The number of nitrogens with two attached hydrogens (primary N) is 1. The maximum absolute atomic E-state index is 6.81. The Balaban J connectivity index is 1.25. The van der Waals surface area contributed by atoms with Crippen LogP contribution in [0.25, 0.3) is 10.9 Å². The summed E-state index contributed by atoms with van der Waals surface area (Å²) >= 11 is 0. The van der Waals surface area contributed by atoms with Crippen molar-refractivity contribution in [2.24, 2.45) is 5.73 Å². The SMILES string of the molecule is NCCCCCOC[C@@H]1O[C@@H](OCCc2cc3ccccc3[nH]2)[C@@H](OCc2ccccc2)[C@@H](OCc2ccccc2)[C@@H]1OCc1ccccc1. The third-order valence-corrected chi connectivity index (χ3v) is 8.96. The first-order valence-corrected chi connectivity index (χ1v) is 17.8. The van der Waals surface area contributed by atoms with E-state index in [1.54, 1.807) is 0 Å². The topological polar surface area (TPSA) is 97.2 Å². The summed E-state index contributed by atoms with van der Waals surface area (Å²) in [6.07, 6.45) is 0.865. The largest absolute Gasteiger partial charge is 0.379 e. The van der Waals surface area contributed by atoms with E-state index < -0.39 is 30.7 Å². The van der Waals surface area contributed by atoms with Crippen molar-refractivity contribution in [1.29, 1.82) is 0 Å². The van der Waals surface area contributed by atoms with Gasteiger partial charge in [0.1, 0.15) is 24.4 Å². The first kappa shape index (κ1) is 35.9. The van der Waals surface area contributed by atoms with Crippen LogP contribution in [0.15, 0.2) is 121 Å². The average molecular weight is 679 g/mol. The Kier molecular flexibility index (Phi) is 14.0. The first-order valence-electron chi connectivity index (χ1n) is 17.8.